The van der Waals surface area contributed by atoms with Gasteiger partial charge in [0.15, 0.2) is 5.82 Å². The number of aryl methyl sites for hydroxylation is 1. The lowest BCUT2D eigenvalue weighted by molar-refractivity contribution is -0.0699. The molecule has 0 saturated carbocycles. The first-order valence-corrected chi connectivity index (χ1v) is 6.01. The smallest absolute Gasteiger partial charge is 0.223 e. The number of hydrogen-bond acceptors (Lipinski definition) is 5. The van der Waals surface area contributed by atoms with Crippen molar-refractivity contribution in [2.75, 3.05) is 0 Å². The van der Waals surface area contributed by atoms with Crippen molar-refractivity contribution in [1.29, 1.82) is 0 Å². The van der Waals surface area contributed by atoms with Crippen LogP contribution in [0.25, 0.3) is 0 Å². The quantitative estimate of drug-likeness (QED) is 0.871. The Morgan fingerprint density at radius 1 is 1.35 bits per heavy atom. The lowest BCUT2D eigenvalue weighted by atomic mass is 9.94. The highest BCUT2D eigenvalue weighted by molar-refractivity contribution is 4.99. The number of aromatic nitrogens is 2. The van der Waals surface area contributed by atoms with Gasteiger partial charge in [0, 0.05) is 13.0 Å². The van der Waals surface area contributed by atoms with Crippen LogP contribution in [-0.4, -0.2) is 27.4 Å². The highest BCUT2D eigenvalue weighted by Gasteiger charge is 2.45. The van der Waals surface area contributed by atoms with Crippen molar-refractivity contribution in [3.05, 3.63) is 11.7 Å². The van der Waals surface area contributed by atoms with Crippen LogP contribution in [-0.2, 0) is 11.3 Å². The number of ether oxygens (including phenoxy) is 1. The van der Waals surface area contributed by atoms with Crippen molar-refractivity contribution < 1.29 is 9.26 Å². The number of nitrogens with zero attached hydrogens (tertiary/aromatic N) is 2. The molecular formula is C12H21N3O2. The first kappa shape index (κ1) is 12.5. The molecule has 0 aliphatic carbocycles. The van der Waals surface area contributed by atoms with Crippen LogP contribution in [0.5, 0.6) is 0 Å². The fraction of sp³-hybridized carbons (Fsp3) is 0.833. The van der Waals surface area contributed by atoms with Gasteiger partial charge < -0.3 is 14.6 Å². The van der Waals surface area contributed by atoms with E-state index in [9.17, 15) is 0 Å². The van der Waals surface area contributed by atoms with E-state index in [4.69, 9.17) is 9.26 Å². The van der Waals surface area contributed by atoms with Gasteiger partial charge >= 0.3 is 0 Å². The van der Waals surface area contributed by atoms with E-state index < -0.39 is 0 Å². The highest BCUT2D eigenvalue weighted by Crippen LogP contribution is 2.37. The molecule has 0 amide bonds. The van der Waals surface area contributed by atoms with Crippen molar-refractivity contribution in [3.8, 4) is 0 Å². The summed E-state index contributed by atoms with van der Waals surface area (Å²) in [6.45, 7) is 10.9. The summed E-state index contributed by atoms with van der Waals surface area (Å²) in [4.78, 5) is 4.17. The zero-order valence-electron chi connectivity index (χ0n) is 11.2. The zero-order valence-corrected chi connectivity index (χ0v) is 11.2. The van der Waals surface area contributed by atoms with Crippen LogP contribution in [0.1, 0.15) is 45.8 Å². The molecule has 1 aromatic rings. The van der Waals surface area contributed by atoms with Gasteiger partial charge in [0.25, 0.3) is 0 Å². The van der Waals surface area contributed by atoms with Gasteiger partial charge in [0.2, 0.25) is 5.89 Å². The second-order valence-electron chi connectivity index (χ2n) is 5.83. The van der Waals surface area contributed by atoms with Crippen LogP contribution in [0.4, 0.5) is 0 Å². The van der Waals surface area contributed by atoms with Crippen LogP contribution < -0.4 is 5.32 Å². The number of hydrogen-bond donors (Lipinski definition) is 1. The third-order valence-corrected chi connectivity index (χ3v) is 3.15. The number of nitrogens with one attached hydrogen (secondary N) is 1. The van der Waals surface area contributed by atoms with Gasteiger partial charge in [-0.25, -0.2) is 0 Å². The SMILES string of the molecule is Cc1nc(CN[C@H]2CC(C)(C)OC2(C)C)no1. The molecule has 1 atom stereocenters. The van der Waals surface area contributed by atoms with Gasteiger partial charge in [-0.3, -0.25) is 0 Å². The Hall–Kier alpha value is -0.940. The molecule has 0 bridgehead atoms. The molecule has 1 aliphatic heterocycles. The van der Waals surface area contributed by atoms with Gasteiger partial charge in [-0.1, -0.05) is 5.16 Å². The Labute approximate surface area is 102 Å². The normalized spacial score (nSPS) is 26.3. The summed E-state index contributed by atoms with van der Waals surface area (Å²) >= 11 is 0. The van der Waals surface area contributed by atoms with Crippen molar-refractivity contribution in [1.82, 2.24) is 15.5 Å². The second kappa shape index (κ2) is 4.07. The standard InChI is InChI=1S/C12H21N3O2/c1-8-14-10(15-16-8)7-13-9-6-11(2,3)17-12(9,4)5/h9,13H,6-7H2,1-5H3/t9-/m0/s1. The Morgan fingerprint density at radius 2 is 2.06 bits per heavy atom. The van der Waals surface area contributed by atoms with Crippen molar-refractivity contribution in [2.24, 2.45) is 0 Å². The topological polar surface area (TPSA) is 60.2 Å². The summed E-state index contributed by atoms with van der Waals surface area (Å²) in [5, 5.41) is 7.32. The van der Waals surface area contributed by atoms with E-state index in [0.29, 0.717) is 24.3 Å². The van der Waals surface area contributed by atoms with Crippen LogP contribution in [0, 0.1) is 6.92 Å². The highest BCUT2D eigenvalue weighted by atomic mass is 16.5. The summed E-state index contributed by atoms with van der Waals surface area (Å²) in [7, 11) is 0. The lowest BCUT2D eigenvalue weighted by Gasteiger charge is -2.27. The molecule has 5 heteroatoms. The Balaban J connectivity index is 1.95. The predicted octanol–water partition coefficient (Wildman–Crippen LogP) is 1.81. The largest absolute Gasteiger partial charge is 0.368 e. The lowest BCUT2D eigenvalue weighted by Crippen LogP contribution is -2.43. The van der Waals surface area contributed by atoms with E-state index >= 15 is 0 Å². The van der Waals surface area contributed by atoms with E-state index in [1.807, 2.05) is 0 Å². The number of rotatable bonds is 3. The predicted molar refractivity (Wildman–Crippen MR) is 63.5 cm³/mol. The maximum absolute atomic E-state index is 6.02. The van der Waals surface area contributed by atoms with Gasteiger partial charge in [0.1, 0.15) is 0 Å². The van der Waals surface area contributed by atoms with Gasteiger partial charge in [-0.05, 0) is 34.1 Å². The van der Waals surface area contributed by atoms with Crippen LogP contribution in [0.3, 0.4) is 0 Å². The summed E-state index contributed by atoms with van der Waals surface area (Å²) in [6, 6.07) is 0.302. The zero-order chi connectivity index (χ0) is 12.7. The molecule has 1 aromatic heterocycles. The fourth-order valence-electron chi connectivity index (χ4n) is 2.51. The molecule has 0 radical (unpaired) electrons. The van der Waals surface area contributed by atoms with Crippen LogP contribution in [0.15, 0.2) is 4.52 Å². The molecule has 1 aliphatic rings. The van der Waals surface area contributed by atoms with E-state index in [0.717, 1.165) is 6.42 Å². The molecule has 2 heterocycles. The minimum atomic E-state index is -0.164. The summed E-state index contributed by atoms with van der Waals surface area (Å²) in [6.07, 6.45) is 0.983. The molecule has 0 spiro atoms. The van der Waals surface area contributed by atoms with E-state index in [2.05, 4.69) is 43.2 Å². The average Bonchev–Trinajstić information content (AvgIpc) is 2.64. The molecule has 1 saturated heterocycles. The molecule has 1 fully saturated rings. The van der Waals surface area contributed by atoms with Crippen molar-refractivity contribution >= 4 is 0 Å². The summed E-state index contributed by atoms with van der Waals surface area (Å²) < 4.78 is 11.0. The molecule has 17 heavy (non-hydrogen) atoms. The molecule has 5 nitrogen and oxygen atoms in total. The average molecular weight is 239 g/mol. The van der Waals surface area contributed by atoms with Gasteiger partial charge in [-0.15, -0.1) is 0 Å². The maximum Gasteiger partial charge on any atom is 0.223 e. The third kappa shape index (κ3) is 2.84. The van der Waals surface area contributed by atoms with Crippen molar-refractivity contribution in [3.63, 3.8) is 0 Å². The molecule has 1 N–H and O–H groups in total. The van der Waals surface area contributed by atoms with Crippen LogP contribution >= 0.6 is 0 Å². The first-order valence-electron chi connectivity index (χ1n) is 6.01. The van der Waals surface area contributed by atoms with E-state index in [-0.39, 0.29) is 11.2 Å². The molecule has 0 aromatic carbocycles. The molecule has 0 unspecified atom stereocenters. The van der Waals surface area contributed by atoms with Gasteiger partial charge in [-0.2, -0.15) is 4.98 Å². The van der Waals surface area contributed by atoms with E-state index in [1.165, 1.54) is 0 Å². The Bertz CT molecular complexity index is 398. The van der Waals surface area contributed by atoms with Gasteiger partial charge in [0.05, 0.1) is 17.7 Å². The first-order chi connectivity index (χ1) is 7.78. The van der Waals surface area contributed by atoms with Crippen molar-refractivity contribution in [2.45, 2.75) is 64.8 Å². The monoisotopic (exact) mass is 239 g/mol. The molecular weight excluding hydrogens is 218 g/mol. The molecule has 2 rings (SSSR count). The Morgan fingerprint density at radius 3 is 2.53 bits per heavy atom. The summed E-state index contributed by atoms with van der Waals surface area (Å²) in [5.41, 5.74) is -0.239. The fourth-order valence-corrected chi connectivity index (χ4v) is 2.51. The van der Waals surface area contributed by atoms with Crippen LogP contribution in [0.2, 0.25) is 0 Å². The second-order valence-corrected chi connectivity index (χ2v) is 5.83. The van der Waals surface area contributed by atoms with E-state index in [1.54, 1.807) is 6.92 Å². The molecule has 96 valence electrons. The minimum absolute atomic E-state index is 0.0751. The summed E-state index contributed by atoms with van der Waals surface area (Å²) in [5.74, 6) is 1.30. The Kier molecular flexibility index (Phi) is 2.99. The minimum Gasteiger partial charge on any atom is -0.368 e. The third-order valence-electron chi connectivity index (χ3n) is 3.15. The maximum atomic E-state index is 6.02.